The number of hydrogen-bond acceptors (Lipinski definition) is 4. The van der Waals surface area contributed by atoms with Crippen molar-refractivity contribution in [2.45, 2.75) is 30.4 Å². The molecule has 0 aromatic heterocycles. The summed E-state index contributed by atoms with van der Waals surface area (Å²) in [6.07, 6.45) is 0.963. The van der Waals surface area contributed by atoms with Gasteiger partial charge in [0.25, 0.3) is 0 Å². The third kappa shape index (κ3) is 4.23. The van der Waals surface area contributed by atoms with Crippen LogP contribution in [0.2, 0.25) is 0 Å². The molecular weight excluding hydrogens is 332 g/mol. The van der Waals surface area contributed by atoms with Gasteiger partial charge in [0.2, 0.25) is 5.91 Å². The molecule has 2 aromatic carbocycles. The molecule has 0 saturated carbocycles. The number of Topliss-reactive ketones (excluding diaryl/α,β-unsaturated/α-hetero) is 1. The second-order valence-corrected chi connectivity index (χ2v) is 7.70. The first-order chi connectivity index (χ1) is 12.0. The summed E-state index contributed by atoms with van der Waals surface area (Å²) in [4.78, 5) is 27.3. The molecule has 1 heterocycles. The maximum absolute atomic E-state index is 12.8. The maximum Gasteiger partial charge on any atom is 0.246 e. The number of hydrogen-bond donors (Lipinski definition) is 1. The van der Waals surface area contributed by atoms with Crippen molar-refractivity contribution in [2.24, 2.45) is 0 Å². The van der Waals surface area contributed by atoms with Gasteiger partial charge in [0.05, 0.1) is 12.2 Å². The molecule has 0 spiro atoms. The largest absolute Gasteiger partial charge is 0.376 e. The predicted molar refractivity (Wildman–Crippen MR) is 104 cm³/mol. The minimum atomic E-state index is 0.0161. The van der Waals surface area contributed by atoms with Crippen molar-refractivity contribution < 1.29 is 9.59 Å². The van der Waals surface area contributed by atoms with Crippen LogP contribution in [0.3, 0.4) is 0 Å². The first kappa shape index (κ1) is 17.5. The van der Waals surface area contributed by atoms with Crippen LogP contribution in [0, 0.1) is 0 Å². The fourth-order valence-corrected chi connectivity index (χ4v) is 3.98. The van der Waals surface area contributed by atoms with Crippen molar-refractivity contribution in [3.05, 3.63) is 54.1 Å². The number of carbonyl (C=O) groups excluding carboxylic acids is 2. The number of fused-ring (bicyclic) bond motifs is 1. The van der Waals surface area contributed by atoms with E-state index in [0.29, 0.717) is 10.8 Å². The highest BCUT2D eigenvalue weighted by Crippen LogP contribution is 2.37. The highest BCUT2D eigenvalue weighted by Gasteiger charge is 2.23. The Hall–Kier alpha value is -2.27. The van der Waals surface area contributed by atoms with E-state index in [-0.39, 0.29) is 18.2 Å². The van der Waals surface area contributed by atoms with Gasteiger partial charge in [0, 0.05) is 27.9 Å². The molecule has 1 amide bonds. The van der Waals surface area contributed by atoms with Gasteiger partial charge in [-0.25, -0.2) is 0 Å². The van der Waals surface area contributed by atoms with E-state index >= 15 is 0 Å². The molecule has 130 valence electrons. The molecule has 0 fully saturated rings. The lowest BCUT2D eigenvalue weighted by molar-refractivity contribution is -0.117. The molecule has 0 unspecified atom stereocenters. The third-order valence-electron chi connectivity index (χ3n) is 4.26. The van der Waals surface area contributed by atoms with Crippen LogP contribution in [-0.2, 0) is 4.79 Å². The lowest BCUT2D eigenvalue weighted by Gasteiger charge is -2.23. The zero-order valence-corrected chi connectivity index (χ0v) is 15.3. The van der Waals surface area contributed by atoms with Gasteiger partial charge in [0.15, 0.2) is 5.78 Å². The van der Waals surface area contributed by atoms with Crippen molar-refractivity contribution in [1.29, 1.82) is 0 Å². The number of thioether (sulfide) groups is 1. The summed E-state index contributed by atoms with van der Waals surface area (Å²) in [7, 11) is 0. The van der Waals surface area contributed by atoms with Crippen LogP contribution in [0.25, 0.3) is 0 Å². The Morgan fingerprint density at radius 3 is 2.80 bits per heavy atom. The van der Waals surface area contributed by atoms with Crippen LogP contribution >= 0.6 is 11.8 Å². The van der Waals surface area contributed by atoms with Gasteiger partial charge >= 0.3 is 0 Å². The number of ketones is 1. The van der Waals surface area contributed by atoms with Gasteiger partial charge in [0.1, 0.15) is 0 Å². The molecule has 25 heavy (non-hydrogen) atoms. The van der Waals surface area contributed by atoms with E-state index in [1.54, 1.807) is 12.1 Å². The number of anilines is 2. The summed E-state index contributed by atoms with van der Waals surface area (Å²) < 4.78 is 0. The molecule has 0 saturated heterocycles. The third-order valence-corrected chi connectivity index (χ3v) is 5.49. The molecule has 4 nitrogen and oxygen atoms in total. The smallest absolute Gasteiger partial charge is 0.246 e. The van der Waals surface area contributed by atoms with E-state index in [0.717, 1.165) is 29.2 Å². The minimum Gasteiger partial charge on any atom is -0.376 e. The monoisotopic (exact) mass is 354 g/mol. The fourth-order valence-electron chi connectivity index (χ4n) is 2.87. The molecule has 1 atom stereocenters. The number of amides is 1. The zero-order chi connectivity index (χ0) is 17.8. The number of rotatable bonds is 4. The standard InChI is InChI=1S/C20H22N2O2S/c1-14-10-11-22(18-8-3-4-9-19(18)25-14)20(24)13-21-17-7-5-6-16(12-17)15(2)23/h3-9,12,14,21H,10-11,13H2,1-2H3/t14-/m1/s1. The van der Waals surface area contributed by atoms with Crippen LogP contribution in [0.15, 0.2) is 53.4 Å². The first-order valence-corrected chi connectivity index (χ1v) is 9.33. The summed E-state index contributed by atoms with van der Waals surface area (Å²) in [6, 6.07) is 15.3. The Labute approximate surface area is 152 Å². The average molecular weight is 354 g/mol. The number of nitrogens with one attached hydrogen (secondary N) is 1. The maximum atomic E-state index is 12.8. The molecule has 2 aromatic rings. The van der Waals surface area contributed by atoms with Crippen LogP contribution in [0.1, 0.15) is 30.6 Å². The highest BCUT2D eigenvalue weighted by molar-refractivity contribution is 8.00. The fraction of sp³-hybridized carbons (Fsp3) is 0.300. The molecule has 1 aliphatic heterocycles. The second-order valence-electron chi connectivity index (χ2n) is 6.22. The Balaban J connectivity index is 1.73. The number of para-hydroxylation sites is 1. The van der Waals surface area contributed by atoms with Gasteiger partial charge in [-0.2, -0.15) is 0 Å². The highest BCUT2D eigenvalue weighted by atomic mass is 32.2. The average Bonchev–Trinajstić information content (AvgIpc) is 2.78. The van der Waals surface area contributed by atoms with Gasteiger partial charge < -0.3 is 10.2 Å². The van der Waals surface area contributed by atoms with Crippen molar-refractivity contribution >= 4 is 34.8 Å². The summed E-state index contributed by atoms with van der Waals surface area (Å²) >= 11 is 1.82. The molecule has 1 N–H and O–H groups in total. The Kier molecular flexibility index (Phi) is 5.43. The molecule has 5 heteroatoms. The van der Waals surface area contributed by atoms with Crippen molar-refractivity contribution in [2.75, 3.05) is 23.3 Å². The van der Waals surface area contributed by atoms with Crippen LogP contribution in [0.4, 0.5) is 11.4 Å². The van der Waals surface area contributed by atoms with Crippen molar-refractivity contribution in [3.63, 3.8) is 0 Å². The lowest BCUT2D eigenvalue weighted by Crippen LogP contribution is -2.36. The van der Waals surface area contributed by atoms with Crippen molar-refractivity contribution in [3.8, 4) is 0 Å². The Bertz CT molecular complexity index is 791. The number of carbonyl (C=O) groups is 2. The second kappa shape index (κ2) is 7.74. The molecular formula is C20H22N2O2S. The number of benzene rings is 2. The normalized spacial score (nSPS) is 16.7. The molecule has 1 aliphatic rings. The molecule has 0 aliphatic carbocycles. The predicted octanol–water partition coefficient (Wildman–Crippen LogP) is 4.22. The zero-order valence-electron chi connectivity index (χ0n) is 14.5. The quantitative estimate of drug-likeness (QED) is 0.835. The van der Waals surface area contributed by atoms with Crippen LogP contribution in [0.5, 0.6) is 0 Å². The molecule has 3 rings (SSSR count). The van der Waals surface area contributed by atoms with Crippen LogP contribution in [-0.4, -0.2) is 30.0 Å². The topological polar surface area (TPSA) is 49.4 Å². The van der Waals surface area contributed by atoms with E-state index in [2.05, 4.69) is 18.3 Å². The Morgan fingerprint density at radius 1 is 1.20 bits per heavy atom. The lowest BCUT2D eigenvalue weighted by atomic mass is 10.1. The van der Waals surface area contributed by atoms with Gasteiger partial charge in [-0.1, -0.05) is 31.2 Å². The summed E-state index contributed by atoms with van der Waals surface area (Å²) in [5.41, 5.74) is 2.41. The summed E-state index contributed by atoms with van der Waals surface area (Å²) in [6.45, 7) is 4.66. The Morgan fingerprint density at radius 2 is 2.00 bits per heavy atom. The molecule has 0 bridgehead atoms. The molecule has 0 radical (unpaired) electrons. The van der Waals surface area contributed by atoms with Gasteiger partial charge in [-0.3, -0.25) is 9.59 Å². The number of nitrogens with zero attached hydrogens (tertiary/aromatic N) is 1. The minimum absolute atomic E-state index is 0.0161. The first-order valence-electron chi connectivity index (χ1n) is 8.45. The summed E-state index contributed by atoms with van der Waals surface area (Å²) in [5, 5.41) is 3.63. The van der Waals surface area contributed by atoms with Crippen molar-refractivity contribution in [1.82, 2.24) is 0 Å². The SMILES string of the molecule is CC(=O)c1cccc(NCC(=O)N2CC[C@@H](C)Sc3ccccc32)c1. The van der Waals surface area contributed by atoms with Crippen LogP contribution < -0.4 is 10.2 Å². The van der Waals surface area contributed by atoms with E-state index in [9.17, 15) is 9.59 Å². The van der Waals surface area contributed by atoms with E-state index in [1.807, 2.05) is 47.0 Å². The van der Waals surface area contributed by atoms with Gasteiger partial charge in [-0.05, 0) is 37.6 Å². The summed E-state index contributed by atoms with van der Waals surface area (Å²) in [5.74, 6) is 0.0535. The van der Waals surface area contributed by atoms with E-state index in [4.69, 9.17) is 0 Å². The van der Waals surface area contributed by atoms with Gasteiger partial charge in [-0.15, -0.1) is 11.8 Å². The van der Waals surface area contributed by atoms with E-state index in [1.165, 1.54) is 6.92 Å². The van der Waals surface area contributed by atoms with E-state index < -0.39 is 0 Å².